The minimum atomic E-state index is -0.749. The van der Waals surface area contributed by atoms with Crippen LogP contribution in [-0.2, 0) is 21.9 Å². The highest BCUT2D eigenvalue weighted by Gasteiger charge is 2.26. The van der Waals surface area contributed by atoms with Crippen molar-refractivity contribution in [3.8, 4) is 0 Å². The Morgan fingerprint density at radius 2 is 1.61 bits per heavy atom. The molecule has 150 valence electrons. The molecule has 2 amide bonds. The lowest BCUT2D eigenvalue weighted by molar-refractivity contribution is -0.138. The van der Waals surface area contributed by atoms with E-state index in [1.807, 2.05) is 0 Å². The second-order valence-electron chi connectivity index (χ2n) is 6.27. The molecule has 0 aromatic heterocycles. The standard InChI is InChI=1S/C21H24F2N2O2S/c1-3-24-21(27)15(2)25(12-16-8-4-6-10-18(16)22)20(26)14-28-13-17-9-5-7-11-19(17)23/h4-11,15H,3,12-14H2,1-2H3,(H,24,27). The van der Waals surface area contributed by atoms with Gasteiger partial charge in [0.2, 0.25) is 11.8 Å². The third-order valence-corrected chi connectivity index (χ3v) is 5.22. The molecule has 0 spiro atoms. The van der Waals surface area contributed by atoms with Gasteiger partial charge in [-0.25, -0.2) is 8.78 Å². The first-order chi connectivity index (χ1) is 13.4. The number of thioether (sulfide) groups is 1. The Balaban J connectivity index is 2.08. The highest BCUT2D eigenvalue weighted by Crippen LogP contribution is 2.18. The van der Waals surface area contributed by atoms with E-state index in [0.29, 0.717) is 23.4 Å². The molecule has 4 nitrogen and oxygen atoms in total. The van der Waals surface area contributed by atoms with Crippen molar-refractivity contribution < 1.29 is 18.4 Å². The van der Waals surface area contributed by atoms with Crippen LogP contribution in [0.2, 0.25) is 0 Å². The number of halogens is 2. The summed E-state index contributed by atoms with van der Waals surface area (Å²) in [5.74, 6) is -0.952. The Labute approximate surface area is 168 Å². The summed E-state index contributed by atoms with van der Waals surface area (Å²) in [4.78, 5) is 26.4. The number of hydrogen-bond donors (Lipinski definition) is 1. The van der Waals surface area contributed by atoms with Gasteiger partial charge in [0.25, 0.3) is 0 Å². The van der Waals surface area contributed by atoms with Crippen molar-refractivity contribution in [2.24, 2.45) is 0 Å². The summed E-state index contributed by atoms with van der Waals surface area (Å²) in [6.07, 6.45) is 0. The van der Waals surface area contributed by atoms with Crippen molar-refractivity contribution >= 4 is 23.6 Å². The minimum absolute atomic E-state index is 0.00986. The summed E-state index contributed by atoms with van der Waals surface area (Å²) in [6.45, 7) is 3.83. The first-order valence-corrected chi connectivity index (χ1v) is 10.2. The van der Waals surface area contributed by atoms with Gasteiger partial charge in [0, 0.05) is 24.4 Å². The van der Waals surface area contributed by atoms with E-state index in [4.69, 9.17) is 0 Å². The predicted molar refractivity (Wildman–Crippen MR) is 108 cm³/mol. The highest BCUT2D eigenvalue weighted by molar-refractivity contribution is 7.99. The molecule has 0 saturated carbocycles. The normalized spacial score (nSPS) is 11.7. The van der Waals surface area contributed by atoms with Crippen LogP contribution in [-0.4, -0.2) is 35.1 Å². The molecule has 0 aliphatic carbocycles. The summed E-state index contributed by atoms with van der Waals surface area (Å²) in [6, 6.07) is 11.8. The molecule has 1 N–H and O–H groups in total. The SMILES string of the molecule is CCNC(=O)C(C)N(Cc1ccccc1F)C(=O)CSCc1ccccc1F. The maximum Gasteiger partial charge on any atom is 0.242 e. The van der Waals surface area contributed by atoms with E-state index in [0.717, 1.165) is 0 Å². The van der Waals surface area contributed by atoms with Crippen LogP contribution in [0.4, 0.5) is 8.78 Å². The van der Waals surface area contributed by atoms with E-state index in [9.17, 15) is 18.4 Å². The van der Waals surface area contributed by atoms with Crippen molar-refractivity contribution in [2.75, 3.05) is 12.3 Å². The Bertz CT molecular complexity index is 816. The highest BCUT2D eigenvalue weighted by atomic mass is 32.2. The predicted octanol–water partition coefficient (Wildman–Crippen LogP) is 3.75. The fraction of sp³-hybridized carbons (Fsp3) is 0.333. The van der Waals surface area contributed by atoms with Gasteiger partial charge in [-0.15, -0.1) is 11.8 Å². The van der Waals surface area contributed by atoms with Crippen molar-refractivity contribution in [2.45, 2.75) is 32.2 Å². The molecule has 28 heavy (non-hydrogen) atoms. The summed E-state index contributed by atoms with van der Waals surface area (Å²) < 4.78 is 27.8. The van der Waals surface area contributed by atoms with Gasteiger partial charge in [-0.3, -0.25) is 9.59 Å². The quantitative estimate of drug-likeness (QED) is 0.690. The van der Waals surface area contributed by atoms with E-state index in [1.54, 1.807) is 50.2 Å². The van der Waals surface area contributed by atoms with Crippen LogP contribution < -0.4 is 5.32 Å². The first kappa shape index (κ1) is 21.9. The Hall–Kier alpha value is -2.41. The van der Waals surface area contributed by atoms with Gasteiger partial charge in [0.1, 0.15) is 17.7 Å². The van der Waals surface area contributed by atoms with E-state index in [2.05, 4.69) is 5.32 Å². The maximum atomic E-state index is 14.1. The number of carbonyl (C=O) groups excluding carboxylic acids is 2. The second kappa shape index (κ2) is 10.8. The number of nitrogens with one attached hydrogen (secondary N) is 1. The molecular formula is C21H24F2N2O2S. The smallest absolute Gasteiger partial charge is 0.242 e. The molecule has 7 heteroatoms. The Morgan fingerprint density at radius 1 is 1.04 bits per heavy atom. The minimum Gasteiger partial charge on any atom is -0.355 e. The van der Waals surface area contributed by atoms with Gasteiger partial charge in [-0.1, -0.05) is 36.4 Å². The monoisotopic (exact) mass is 406 g/mol. The lowest BCUT2D eigenvalue weighted by atomic mass is 10.1. The third-order valence-electron chi connectivity index (χ3n) is 4.26. The molecule has 2 rings (SSSR count). The van der Waals surface area contributed by atoms with Crippen LogP contribution in [0.3, 0.4) is 0 Å². The summed E-state index contributed by atoms with van der Waals surface area (Å²) in [7, 11) is 0. The summed E-state index contributed by atoms with van der Waals surface area (Å²) in [5.41, 5.74) is 0.851. The molecule has 1 unspecified atom stereocenters. The first-order valence-electron chi connectivity index (χ1n) is 9.05. The fourth-order valence-electron chi connectivity index (χ4n) is 2.66. The molecule has 2 aromatic carbocycles. The lowest BCUT2D eigenvalue weighted by Crippen LogP contribution is -2.48. The summed E-state index contributed by atoms with van der Waals surface area (Å²) >= 11 is 1.26. The number of rotatable bonds is 9. The van der Waals surface area contributed by atoms with Gasteiger partial charge in [-0.05, 0) is 31.5 Å². The van der Waals surface area contributed by atoms with Gasteiger partial charge in [0.15, 0.2) is 0 Å². The topological polar surface area (TPSA) is 49.4 Å². The van der Waals surface area contributed by atoms with Crippen LogP contribution >= 0.6 is 11.8 Å². The molecule has 0 bridgehead atoms. The average molecular weight is 406 g/mol. The lowest BCUT2D eigenvalue weighted by Gasteiger charge is -2.28. The zero-order valence-corrected chi connectivity index (χ0v) is 16.8. The average Bonchev–Trinajstić information content (AvgIpc) is 2.68. The second-order valence-corrected chi connectivity index (χ2v) is 7.25. The number of carbonyl (C=O) groups is 2. The fourth-order valence-corrected chi connectivity index (χ4v) is 3.56. The largest absolute Gasteiger partial charge is 0.355 e. The van der Waals surface area contributed by atoms with Crippen LogP contribution in [0.1, 0.15) is 25.0 Å². The zero-order valence-electron chi connectivity index (χ0n) is 16.0. The van der Waals surface area contributed by atoms with Crippen molar-refractivity contribution in [3.63, 3.8) is 0 Å². The van der Waals surface area contributed by atoms with E-state index in [1.165, 1.54) is 28.8 Å². The molecular weight excluding hydrogens is 382 g/mol. The Morgan fingerprint density at radius 3 is 2.18 bits per heavy atom. The molecule has 0 fully saturated rings. The van der Waals surface area contributed by atoms with E-state index in [-0.39, 0.29) is 29.9 Å². The molecule has 1 atom stereocenters. The molecule has 2 aromatic rings. The van der Waals surface area contributed by atoms with Gasteiger partial charge in [0.05, 0.1) is 5.75 Å². The van der Waals surface area contributed by atoms with Crippen LogP contribution in [0.25, 0.3) is 0 Å². The number of nitrogens with zero attached hydrogens (tertiary/aromatic N) is 1. The zero-order chi connectivity index (χ0) is 20.5. The summed E-state index contributed by atoms with van der Waals surface area (Å²) in [5, 5.41) is 2.69. The van der Waals surface area contributed by atoms with E-state index < -0.39 is 11.9 Å². The van der Waals surface area contributed by atoms with Gasteiger partial charge < -0.3 is 10.2 Å². The number of hydrogen-bond acceptors (Lipinski definition) is 3. The van der Waals surface area contributed by atoms with Crippen molar-refractivity contribution in [1.82, 2.24) is 10.2 Å². The van der Waals surface area contributed by atoms with Crippen LogP contribution in [0.15, 0.2) is 48.5 Å². The molecule has 0 heterocycles. The number of benzene rings is 2. The maximum absolute atomic E-state index is 14.1. The molecule has 0 radical (unpaired) electrons. The van der Waals surface area contributed by atoms with E-state index >= 15 is 0 Å². The molecule has 0 aliphatic rings. The number of amides is 2. The third kappa shape index (κ3) is 6.05. The van der Waals surface area contributed by atoms with Crippen molar-refractivity contribution in [3.05, 3.63) is 71.3 Å². The molecule has 0 saturated heterocycles. The Kier molecular flexibility index (Phi) is 8.44. The van der Waals surface area contributed by atoms with Gasteiger partial charge in [-0.2, -0.15) is 0 Å². The number of likely N-dealkylation sites (N-methyl/N-ethyl adjacent to an activating group) is 1. The van der Waals surface area contributed by atoms with Gasteiger partial charge >= 0.3 is 0 Å². The van der Waals surface area contributed by atoms with Crippen molar-refractivity contribution in [1.29, 1.82) is 0 Å². The van der Waals surface area contributed by atoms with Crippen LogP contribution in [0, 0.1) is 11.6 Å². The molecule has 0 aliphatic heterocycles. The van der Waals surface area contributed by atoms with Crippen LogP contribution in [0.5, 0.6) is 0 Å².